The summed E-state index contributed by atoms with van der Waals surface area (Å²) < 4.78 is 31.9. The number of hydrogen-bond donors (Lipinski definition) is 2. The fourth-order valence-corrected chi connectivity index (χ4v) is 4.08. The van der Waals surface area contributed by atoms with E-state index in [4.69, 9.17) is 4.74 Å². The molecule has 2 aromatic carbocycles. The lowest BCUT2D eigenvalue weighted by Gasteiger charge is -2.26. The number of ether oxygens (including phenoxy) is 1. The molecule has 0 aromatic heterocycles. The van der Waals surface area contributed by atoms with Crippen LogP contribution in [0, 0.1) is 10.1 Å². The van der Waals surface area contributed by atoms with Crippen LogP contribution in [0.4, 0.5) is 11.4 Å². The Morgan fingerprint density at radius 1 is 1.14 bits per heavy atom. The van der Waals surface area contributed by atoms with E-state index in [1.165, 1.54) is 46.8 Å². The lowest BCUT2D eigenvalue weighted by molar-refractivity contribution is -0.384. The van der Waals surface area contributed by atoms with Crippen molar-refractivity contribution in [3.8, 4) is 5.75 Å². The molecule has 10 nitrogen and oxygen atoms in total. The minimum absolute atomic E-state index is 0.0776. The average molecular weight is 407 g/mol. The molecule has 2 N–H and O–H groups in total. The lowest BCUT2D eigenvalue weighted by atomic mass is 10.2. The van der Waals surface area contributed by atoms with E-state index in [0.717, 1.165) is 0 Å². The van der Waals surface area contributed by atoms with Crippen molar-refractivity contribution in [2.75, 3.05) is 31.6 Å². The van der Waals surface area contributed by atoms with Crippen LogP contribution in [-0.4, -0.2) is 55.0 Å². The van der Waals surface area contributed by atoms with Crippen molar-refractivity contribution in [2.24, 2.45) is 0 Å². The van der Waals surface area contributed by atoms with Crippen LogP contribution in [0.1, 0.15) is 10.4 Å². The van der Waals surface area contributed by atoms with Crippen molar-refractivity contribution in [3.63, 3.8) is 0 Å². The fourth-order valence-electron chi connectivity index (χ4n) is 2.64. The van der Waals surface area contributed by atoms with E-state index in [1.807, 2.05) is 0 Å². The van der Waals surface area contributed by atoms with E-state index >= 15 is 0 Å². The third kappa shape index (κ3) is 4.11. The first-order chi connectivity index (χ1) is 13.3. The molecule has 0 aliphatic carbocycles. The molecule has 1 saturated heterocycles. The maximum Gasteiger partial charge on any atom is 0.269 e. The van der Waals surface area contributed by atoms with Gasteiger partial charge in [-0.3, -0.25) is 14.9 Å². The molecule has 0 unspecified atom stereocenters. The van der Waals surface area contributed by atoms with Crippen LogP contribution in [0.3, 0.4) is 0 Å². The second kappa shape index (κ2) is 7.92. The quantitative estimate of drug-likeness (QED) is 0.436. The van der Waals surface area contributed by atoms with Gasteiger partial charge >= 0.3 is 0 Å². The number of morpholine rings is 1. The number of anilines is 1. The van der Waals surface area contributed by atoms with E-state index < -0.39 is 20.9 Å². The van der Waals surface area contributed by atoms with Gasteiger partial charge in [0, 0.05) is 30.8 Å². The predicted molar refractivity (Wildman–Crippen MR) is 98.7 cm³/mol. The Hall–Kier alpha value is -3.02. The van der Waals surface area contributed by atoms with Gasteiger partial charge in [0.1, 0.15) is 5.75 Å². The Morgan fingerprint density at radius 3 is 2.39 bits per heavy atom. The Bertz CT molecular complexity index is 1000. The molecule has 148 valence electrons. The average Bonchev–Trinajstić information content (AvgIpc) is 2.70. The Morgan fingerprint density at radius 2 is 1.79 bits per heavy atom. The zero-order valence-electron chi connectivity index (χ0n) is 14.6. The highest BCUT2D eigenvalue weighted by Crippen LogP contribution is 2.29. The molecule has 1 fully saturated rings. The van der Waals surface area contributed by atoms with Crippen LogP contribution in [0.15, 0.2) is 47.4 Å². The normalized spacial score (nSPS) is 15.1. The molecule has 3 rings (SSSR count). The highest BCUT2D eigenvalue weighted by Gasteiger charge is 2.27. The smallest absolute Gasteiger partial charge is 0.269 e. The van der Waals surface area contributed by atoms with Crippen molar-refractivity contribution >= 4 is 27.3 Å². The molecular formula is C17H17N3O7S. The molecule has 28 heavy (non-hydrogen) atoms. The number of phenols is 1. The van der Waals surface area contributed by atoms with Gasteiger partial charge in [-0.1, -0.05) is 0 Å². The van der Waals surface area contributed by atoms with Crippen LogP contribution >= 0.6 is 0 Å². The van der Waals surface area contributed by atoms with Gasteiger partial charge in [-0.25, -0.2) is 8.42 Å². The van der Waals surface area contributed by atoms with Crippen molar-refractivity contribution in [1.29, 1.82) is 0 Å². The van der Waals surface area contributed by atoms with Crippen LogP contribution in [0.25, 0.3) is 0 Å². The summed E-state index contributed by atoms with van der Waals surface area (Å²) in [4.78, 5) is 22.4. The number of nitrogens with zero attached hydrogens (tertiary/aromatic N) is 2. The first-order valence-corrected chi connectivity index (χ1v) is 9.70. The minimum atomic E-state index is -3.80. The van der Waals surface area contributed by atoms with E-state index in [9.17, 15) is 28.4 Å². The van der Waals surface area contributed by atoms with E-state index in [-0.39, 0.29) is 40.7 Å². The second-order valence-corrected chi connectivity index (χ2v) is 7.89. The molecule has 0 bridgehead atoms. The lowest BCUT2D eigenvalue weighted by Crippen LogP contribution is -2.40. The minimum Gasteiger partial charge on any atom is -0.506 e. The monoisotopic (exact) mass is 407 g/mol. The van der Waals surface area contributed by atoms with Crippen molar-refractivity contribution in [2.45, 2.75) is 4.90 Å². The molecule has 0 radical (unpaired) electrons. The number of nitrogens with one attached hydrogen (secondary N) is 1. The Labute approximate surface area is 160 Å². The highest BCUT2D eigenvalue weighted by atomic mass is 32.2. The number of rotatable bonds is 5. The topological polar surface area (TPSA) is 139 Å². The molecule has 1 amide bonds. The third-order valence-electron chi connectivity index (χ3n) is 4.16. The summed E-state index contributed by atoms with van der Waals surface area (Å²) in [7, 11) is -3.80. The van der Waals surface area contributed by atoms with Gasteiger partial charge < -0.3 is 15.2 Å². The standard InChI is InChI=1S/C17H17N3O7S/c21-16-6-5-14(28(25,26)19-7-9-27-10-8-19)11-15(16)18-17(22)12-1-3-13(4-2-12)20(23)24/h1-6,11,21H,7-10H2,(H,18,22). The number of sulfonamides is 1. The van der Waals surface area contributed by atoms with Gasteiger partial charge in [0.15, 0.2) is 0 Å². The maximum atomic E-state index is 12.7. The summed E-state index contributed by atoms with van der Waals surface area (Å²) >= 11 is 0. The third-order valence-corrected chi connectivity index (χ3v) is 6.06. The van der Waals surface area contributed by atoms with Crippen molar-refractivity contribution in [3.05, 3.63) is 58.1 Å². The zero-order chi connectivity index (χ0) is 20.3. The van der Waals surface area contributed by atoms with E-state index in [0.29, 0.717) is 13.2 Å². The van der Waals surface area contributed by atoms with Gasteiger partial charge in [0.2, 0.25) is 10.0 Å². The van der Waals surface area contributed by atoms with Gasteiger partial charge in [-0.15, -0.1) is 0 Å². The number of hydrogen-bond acceptors (Lipinski definition) is 7. The number of aromatic hydroxyl groups is 1. The van der Waals surface area contributed by atoms with Gasteiger partial charge in [-0.05, 0) is 30.3 Å². The van der Waals surface area contributed by atoms with Crippen LogP contribution < -0.4 is 5.32 Å². The fraction of sp³-hybridized carbons (Fsp3) is 0.235. The number of carbonyl (C=O) groups is 1. The van der Waals surface area contributed by atoms with Gasteiger partial charge in [0.25, 0.3) is 11.6 Å². The number of nitro groups is 1. The highest BCUT2D eigenvalue weighted by molar-refractivity contribution is 7.89. The molecule has 11 heteroatoms. The molecule has 0 spiro atoms. The number of amides is 1. The van der Waals surface area contributed by atoms with Gasteiger partial charge in [-0.2, -0.15) is 4.31 Å². The number of carbonyl (C=O) groups excluding carboxylic acids is 1. The molecule has 0 atom stereocenters. The summed E-state index contributed by atoms with van der Waals surface area (Å²) in [5.74, 6) is -0.956. The molecule has 1 aliphatic rings. The molecule has 1 aliphatic heterocycles. The van der Waals surface area contributed by atoms with Crippen molar-refractivity contribution in [1.82, 2.24) is 4.31 Å². The van der Waals surface area contributed by atoms with E-state index in [2.05, 4.69) is 5.32 Å². The molecule has 0 saturated carbocycles. The van der Waals surface area contributed by atoms with Gasteiger partial charge in [0.05, 0.1) is 28.7 Å². The van der Waals surface area contributed by atoms with Crippen molar-refractivity contribution < 1.29 is 28.0 Å². The Kier molecular flexibility index (Phi) is 5.58. The summed E-state index contributed by atoms with van der Waals surface area (Å²) in [5.41, 5.74) is -0.137. The first-order valence-electron chi connectivity index (χ1n) is 8.26. The van der Waals surface area contributed by atoms with Crippen LogP contribution in [0.2, 0.25) is 0 Å². The Balaban J connectivity index is 1.83. The summed E-state index contributed by atoms with van der Waals surface area (Å²) in [5, 5.41) is 23.1. The van der Waals surface area contributed by atoms with Crippen LogP contribution in [0.5, 0.6) is 5.75 Å². The first kappa shape index (κ1) is 19.7. The maximum absolute atomic E-state index is 12.7. The summed E-state index contributed by atoms with van der Waals surface area (Å²) in [6.07, 6.45) is 0. The summed E-state index contributed by atoms with van der Waals surface area (Å²) in [6.45, 7) is 1.02. The van der Waals surface area contributed by atoms with Crippen LogP contribution in [-0.2, 0) is 14.8 Å². The van der Waals surface area contributed by atoms with E-state index in [1.54, 1.807) is 0 Å². The molecule has 2 aromatic rings. The zero-order valence-corrected chi connectivity index (χ0v) is 15.4. The molecular weight excluding hydrogens is 390 g/mol. The SMILES string of the molecule is O=C(Nc1cc(S(=O)(=O)N2CCOCC2)ccc1O)c1ccc([N+](=O)[O-])cc1. The predicted octanol–water partition coefficient (Wildman–Crippen LogP) is 1.57. The number of phenolic OH excluding ortho intramolecular Hbond substituents is 1. The number of nitro benzene ring substituents is 1. The second-order valence-electron chi connectivity index (χ2n) is 5.95. The molecule has 1 heterocycles. The number of non-ortho nitro benzene ring substituents is 1. The summed E-state index contributed by atoms with van der Waals surface area (Å²) in [6, 6.07) is 8.48. The largest absolute Gasteiger partial charge is 0.506 e. The number of benzene rings is 2.